The number of hydrogen-bond acceptors (Lipinski definition) is 6. The molecular weight excluding hydrogens is 468 g/mol. The molecule has 8 nitrogen and oxygen atoms in total. The van der Waals surface area contributed by atoms with Gasteiger partial charge in [0.15, 0.2) is 6.10 Å². The molecule has 0 saturated carbocycles. The molecule has 35 heavy (non-hydrogen) atoms. The zero-order valence-corrected chi connectivity index (χ0v) is 20.5. The zero-order chi connectivity index (χ0) is 24.8. The number of methoxy groups -OCH3 is 1. The van der Waals surface area contributed by atoms with E-state index in [-0.39, 0.29) is 18.0 Å². The summed E-state index contributed by atoms with van der Waals surface area (Å²) in [6.07, 6.45) is -1.01. The number of aryl methyl sites for hydroxylation is 1. The number of rotatable bonds is 9. The van der Waals surface area contributed by atoms with Crippen LogP contribution < -0.4 is 19.1 Å². The van der Waals surface area contributed by atoms with Gasteiger partial charge in [0.25, 0.3) is 15.9 Å². The summed E-state index contributed by atoms with van der Waals surface area (Å²) in [4.78, 5) is 13.0. The fourth-order valence-corrected chi connectivity index (χ4v) is 5.19. The van der Waals surface area contributed by atoms with Crippen molar-refractivity contribution in [2.45, 2.75) is 24.5 Å². The first-order valence-corrected chi connectivity index (χ1v) is 12.7. The lowest BCUT2D eigenvalue weighted by molar-refractivity contribution is -0.128. The van der Waals surface area contributed by atoms with Crippen molar-refractivity contribution >= 4 is 21.6 Å². The standard InChI is InChI=1S/C26H28N2O6S/c1-19-8-13-24-23(16-19)28(35(30,31)22-11-9-21(32-2)10-12-22)17-25(34-24)26(29)27-14-15-33-18-20-6-4-3-5-7-20/h3-13,16,25H,14-15,17-18H2,1-2H3,(H,27,29)/t25-/m0/s1. The molecule has 0 spiro atoms. The lowest BCUT2D eigenvalue weighted by Crippen LogP contribution is -2.51. The van der Waals surface area contributed by atoms with Gasteiger partial charge in [-0.3, -0.25) is 9.10 Å². The molecule has 0 aromatic heterocycles. The maximum atomic E-state index is 13.5. The maximum absolute atomic E-state index is 13.5. The largest absolute Gasteiger partial charge is 0.497 e. The minimum Gasteiger partial charge on any atom is -0.497 e. The minimum atomic E-state index is -3.95. The second kappa shape index (κ2) is 10.8. The Bertz CT molecular complexity index is 1260. The number of fused-ring (bicyclic) bond motifs is 1. The number of amides is 1. The Hall–Kier alpha value is -3.56. The van der Waals surface area contributed by atoms with Crippen molar-refractivity contribution in [1.82, 2.24) is 5.32 Å². The molecule has 0 bridgehead atoms. The number of carbonyl (C=O) groups is 1. The Morgan fingerprint density at radius 1 is 1.09 bits per heavy atom. The number of nitrogens with zero attached hydrogens (tertiary/aromatic N) is 1. The van der Waals surface area contributed by atoms with E-state index < -0.39 is 22.0 Å². The monoisotopic (exact) mass is 496 g/mol. The highest BCUT2D eigenvalue weighted by molar-refractivity contribution is 7.92. The molecule has 0 fully saturated rings. The van der Waals surface area contributed by atoms with E-state index in [2.05, 4.69) is 5.32 Å². The van der Waals surface area contributed by atoms with Gasteiger partial charge in [-0.15, -0.1) is 0 Å². The van der Waals surface area contributed by atoms with E-state index in [1.165, 1.54) is 23.5 Å². The highest BCUT2D eigenvalue weighted by Gasteiger charge is 2.37. The average Bonchev–Trinajstić information content (AvgIpc) is 2.88. The van der Waals surface area contributed by atoms with E-state index in [1.807, 2.05) is 43.3 Å². The Morgan fingerprint density at radius 2 is 1.83 bits per heavy atom. The van der Waals surface area contributed by atoms with E-state index in [0.29, 0.717) is 30.4 Å². The minimum absolute atomic E-state index is 0.0983. The molecule has 9 heteroatoms. The molecule has 1 atom stereocenters. The maximum Gasteiger partial charge on any atom is 0.264 e. The third-order valence-electron chi connectivity index (χ3n) is 5.58. The summed E-state index contributed by atoms with van der Waals surface area (Å²) in [6, 6.07) is 21.1. The third-order valence-corrected chi connectivity index (χ3v) is 7.37. The summed E-state index contributed by atoms with van der Waals surface area (Å²) < 4.78 is 45.0. The Morgan fingerprint density at radius 3 is 2.54 bits per heavy atom. The van der Waals surface area contributed by atoms with Crippen LogP contribution in [0.3, 0.4) is 0 Å². The molecule has 184 valence electrons. The predicted octanol–water partition coefficient (Wildman–Crippen LogP) is 3.29. The summed E-state index contributed by atoms with van der Waals surface area (Å²) >= 11 is 0. The molecule has 0 aliphatic carbocycles. The summed E-state index contributed by atoms with van der Waals surface area (Å²) in [7, 11) is -2.44. The van der Waals surface area contributed by atoms with Crippen molar-refractivity contribution < 1.29 is 27.4 Å². The van der Waals surface area contributed by atoms with E-state index in [1.54, 1.807) is 24.3 Å². The van der Waals surface area contributed by atoms with Gasteiger partial charge in [-0.2, -0.15) is 0 Å². The lowest BCUT2D eigenvalue weighted by atomic mass is 10.1. The molecule has 0 saturated heterocycles. The van der Waals surface area contributed by atoms with Gasteiger partial charge in [0.1, 0.15) is 11.5 Å². The van der Waals surface area contributed by atoms with Gasteiger partial charge >= 0.3 is 0 Å². The molecule has 1 aliphatic heterocycles. The summed E-state index contributed by atoms with van der Waals surface area (Å²) in [5.41, 5.74) is 2.32. The van der Waals surface area contributed by atoms with E-state index in [0.717, 1.165) is 11.1 Å². The Kier molecular flexibility index (Phi) is 7.57. The average molecular weight is 497 g/mol. The van der Waals surface area contributed by atoms with Crippen LogP contribution >= 0.6 is 0 Å². The number of nitrogens with one attached hydrogen (secondary N) is 1. The SMILES string of the molecule is COc1ccc(S(=O)(=O)N2C[C@@H](C(=O)NCCOCc3ccccc3)Oc3ccc(C)cc32)cc1. The number of benzene rings is 3. The number of sulfonamides is 1. The van der Waals surface area contributed by atoms with E-state index >= 15 is 0 Å². The van der Waals surface area contributed by atoms with Crippen LogP contribution in [0, 0.1) is 6.92 Å². The summed E-state index contributed by atoms with van der Waals surface area (Å²) in [5.74, 6) is 0.475. The molecule has 0 unspecified atom stereocenters. The number of ether oxygens (including phenoxy) is 3. The first kappa shape index (κ1) is 24.6. The summed E-state index contributed by atoms with van der Waals surface area (Å²) in [6.45, 7) is 2.75. The van der Waals surface area contributed by atoms with Gasteiger partial charge in [-0.1, -0.05) is 36.4 Å². The normalized spacial score (nSPS) is 15.1. The van der Waals surface area contributed by atoms with Gasteiger partial charge in [0.05, 0.1) is 37.5 Å². The highest BCUT2D eigenvalue weighted by atomic mass is 32.2. The van der Waals surface area contributed by atoms with Crippen LogP contribution in [0.2, 0.25) is 0 Å². The van der Waals surface area contributed by atoms with Crippen molar-refractivity contribution in [2.75, 3.05) is 31.1 Å². The van der Waals surface area contributed by atoms with Gasteiger partial charge in [0.2, 0.25) is 0 Å². The van der Waals surface area contributed by atoms with Crippen molar-refractivity contribution in [3.63, 3.8) is 0 Å². The van der Waals surface area contributed by atoms with Crippen LogP contribution in [0.25, 0.3) is 0 Å². The van der Waals surface area contributed by atoms with Crippen molar-refractivity contribution in [3.05, 3.63) is 83.9 Å². The van der Waals surface area contributed by atoms with E-state index in [4.69, 9.17) is 14.2 Å². The number of hydrogen-bond donors (Lipinski definition) is 1. The first-order chi connectivity index (χ1) is 16.9. The quantitative estimate of drug-likeness (QED) is 0.457. The van der Waals surface area contributed by atoms with Gasteiger partial charge in [-0.05, 0) is 54.4 Å². The first-order valence-electron chi connectivity index (χ1n) is 11.2. The van der Waals surface area contributed by atoms with Crippen LogP contribution in [0.1, 0.15) is 11.1 Å². The summed E-state index contributed by atoms with van der Waals surface area (Å²) in [5, 5.41) is 2.78. The number of carbonyl (C=O) groups excluding carboxylic acids is 1. The molecule has 1 heterocycles. The molecule has 0 radical (unpaired) electrons. The Labute approximate surface area is 205 Å². The molecule has 1 aliphatic rings. The second-order valence-electron chi connectivity index (χ2n) is 8.12. The van der Waals surface area contributed by atoms with Crippen LogP contribution in [0.15, 0.2) is 77.7 Å². The second-order valence-corrected chi connectivity index (χ2v) is 9.98. The van der Waals surface area contributed by atoms with Crippen molar-refractivity contribution in [3.8, 4) is 11.5 Å². The molecule has 1 N–H and O–H groups in total. The fraction of sp³-hybridized carbons (Fsp3) is 0.269. The highest BCUT2D eigenvalue weighted by Crippen LogP contribution is 2.38. The van der Waals surface area contributed by atoms with Gasteiger partial charge < -0.3 is 19.5 Å². The lowest BCUT2D eigenvalue weighted by Gasteiger charge is -2.35. The molecule has 1 amide bonds. The zero-order valence-electron chi connectivity index (χ0n) is 19.6. The molecule has 4 rings (SSSR count). The van der Waals surface area contributed by atoms with Crippen LogP contribution in [0.5, 0.6) is 11.5 Å². The van der Waals surface area contributed by atoms with Crippen LogP contribution in [0.4, 0.5) is 5.69 Å². The molecule has 3 aromatic carbocycles. The fourth-order valence-electron chi connectivity index (χ4n) is 3.72. The smallest absolute Gasteiger partial charge is 0.264 e. The van der Waals surface area contributed by atoms with Crippen molar-refractivity contribution in [2.24, 2.45) is 0 Å². The van der Waals surface area contributed by atoms with Crippen LogP contribution in [-0.2, 0) is 26.2 Å². The number of anilines is 1. The topological polar surface area (TPSA) is 94.2 Å². The van der Waals surface area contributed by atoms with Crippen molar-refractivity contribution in [1.29, 1.82) is 0 Å². The van der Waals surface area contributed by atoms with Gasteiger partial charge in [0, 0.05) is 6.54 Å². The third kappa shape index (κ3) is 5.75. The molecule has 3 aromatic rings. The predicted molar refractivity (Wildman–Crippen MR) is 132 cm³/mol. The van der Waals surface area contributed by atoms with E-state index in [9.17, 15) is 13.2 Å². The molecular formula is C26H28N2O6S. The van der Waals surface area contributed by atoms with Crippen LogP contribution in [-0.4, -0.2) is 47.2 Å². The Balaban J connectivity index is 1.46. The van der Waals surface area contributed by atoms with Gasteiger partial charge in [-0.25, -0.2) is 8.42 Å².